The quantitative estimate of drug-likeness (QED) is 0.802. The summed E-state index contributed by atoms with van der Waals surface area (Å²) in [5.74, 6) is 1.84. The summed E-state index contributed by atoms with van der Waals surface area (Å²) in [4.78, 5) is 11.4. The standard InChI is InChI=1S/C14H15N5OS/c1-7-8(2)21-14-11(7)13(15-3)16-12(17-14)9-5-6-10(20-4)19-18-9/h5-6H,1-4H3,(H,15,16,17). The lowest BCUT2D eigenvalue weighted by atomic mass is 10.2. The van der Waals surface area contributed by atoms with Gasteiger partial charge in [0.05, 0.1) is 12.5 Å². The maximum absolute atomic E-state index is 5.01. The third-order valence-electron chi connectivity index (χ3n) is 3.34. The van der Waals surface area contributed by atoms with Crippen molar-refractivity contribution >= 4 is 27.4 Å². The molecule has 0 bridgehead atoms. The van der Waals surface area contributed by atoms with E-state index >= 15 is 0 Å². The van der Waals surface area contributed by atoms with Gasteiger partial charge < -0.3 is 10.1 Å². The van der Waals surface area contributed by atoms with Crippen LogP contribution in [0, 0.1) is 13.8 Å². The Morgan fingerprint density at radius 1 is 1.14 bits per heavy atom. The number of fused-ring (bicyclic) bond motifs is 1. The molecule has 3 heterocycles. The van der Waals surface area contributed by atoms with Crippen LogP contribution in [0.3, 0.4) is 0 Å². The van der Waals surface area contributed by atoms with E-state index in [2.05, 4.69) is 39.3 Å². The van der Waals surface area contributed by atoms with E-state index in [0.29, 0.717) is 17.4 Å². The Morgan fingerprint density at radius 3 is 2.57 bits per heavy atom. The molecule has 0 unspecified atom stereocenters. The molecule has 108 valence electrons. The fourth-order valence-corrected chi connectivity index (χ4v) is 3.12. The number of nitrogens with one attached hydrogen (secondary N) is 1. The van der Waals surface area contributed by atoms with Gasteiger partial charge in [-0.15, -0.1) is 21.5 Å². The van der Waals surface area contributed by atoms with Gasteiger partial charge in [0.25, 0.3) is 0 Å². The summed E-state index contributed by atoms with van der Waals surface area (Å²) in [7, 11) is 3.42. The van der Waals surface area contributed by atoms with Crippen LogP contribution in [0.15, 0.2) is 12.1 Å². The fraction of sp³-hybridized carbons (Fsp3) is 0.286. The lowest BCUT2D eigenvalue weighted by Gasteiger charge is -2.06. The average Bonchev–Trinajstić information content (AvgIpc) is 2.81. The molecule has 3 rings (SSSR count). The first-order valence-electron chi connectivity index (χ1n) is 6.47. The highest BCUT2D eigenvalue weighted by molar-refractivity contribution is 7.18. The summed E-state index contributed by atoms with van der Waals surface area (Å²) < 4.78 is 5.01. The van der Waals surface area contributed by atoms with Crippen LogP contribution in [0.4, 0.5) is 5.82 Å². The smallest absolute Gasteiger partial charge is 0.233 e. The van der Waals surface area contributed by atoms with Crippen LogP contribution in [0.2, 0.25) is 0 Å². The van der Waals surface area contributed by atoms with E-state index in [-0.39, 0.29) is 0 Å². The molecule has 3 aromatic heterocycles. The highest BCUT2D eigenvalue weighted by Crippen LogP contribution is 2.34. The molecule has 0 amide bonds. The molecule has 0 aliphatic rings. The second-order valence-electron chi connectivity index (χ2n) is 4.57. The van der Waals surface area contributed by atoms with Crippen LogP contribution >= 0.6 is 11.3 Å². The predicted molar refractivity (Wildman–Crippen MR) is 84.0 cm³/mol. The number of thiophene rings is 1. The van der Waals surface area contributed by atoms with Crippen molar-refractivity contribution < 1.29 is 4.74 Å². The van der Waals surface area contributed by atoms with Gasteiger partial charge in [0.1, 0.15) is 16.3 Å². The van der Waals surface area contributed by atoms with Crippen LogP contribution in [0.1, 0.15) is 10.4 Å². The third kappa shape index (κ3) is 2.29. The van der Waals surface area contributed by atoms with Crippen LogP contribution in [0.5, 0.6) is 5.88 Å². The largest absolute Gasteiger partial charge is 0.480 e. The van der Waals surface area contributed by atoms with E-state index in [0.717, 1.165) is 16.0 Å². The molecule has 0 fully saturated rings. The summed E-state index contributed by atoms with van der Waals surface area (Å²) in [6.07, 6.45) is 0. The van der Waals surface area contributed by atoms with Crippen molar-refractivity contribution in [1.29, 1.82) is 0 Å². The number of nitrogens with zero attached hydrogens (tertiary/aromatic N) is 4. The molecular formula is C14H15N5OS. The molecule has 21 heavy (non-hydrogen) atoms. The first-order valence-corrected chi connectivity index (χ1v) is 7.29. The van der Waals surface area contributed by atoms with E-state index < -0.39 is 0 Å². The van der Waals surface area contributed by atoms with Gasteiger partial charge in [-0.05, 0) is 25.5 Å². The second-order valence-corrected chi connectivity index (χ2v) is 5.77. The molecule has 1 N–H and O–H groups in total. The summed E-state index contributed by atoms with van der Waals surface area (Å²) in [6, 6.07) is 3.56. The fourth-order valence-electron chi connectivity index (χ4n) is 2.09. The lowest BCUT2D eigenvalue weighted by molar-refractivity contribution is 0.392. The highest BCUT2D eigenvalue weighted by atomic mass is 32.1. The van der Waals surface area contributed by atoms with E-state index in [9.17, 15) is 0 Å². The van der Waals surface area contributed by atoms with E-state index in [1.54, 1.807) is 30.6 Å². The molecule has 0 radical (unpaired) electrons. The molecule has 6 nitrogen and oxygen atoms in total. The number of hydrogen-bond acceptors (Lipinski definition) is 7. The molecule has 3 aromatic rings. The lowest BCUT2D eigenvalue weighted by Crippen LogP contribution is -2.00. The van der Waals surface area contributed by atoms with Crippen molar-refractivity contribution in [3.8, 4) is 17.4 Å². The predicted octanol–water partition coefficient (Wildman–Crippen LogP) is 2.82. The summed E-state index contributed by atoms with van der Waals surface area (Å²) in [6.45, 7) is 4.18. The number of hydrogen-bond donors (Lipinski definition) is 1. The van der Waals surface area contributed by atoms with Crippen molar-refractivity contribution in [2.45, 2.75) is 13.8 Å². The van der Waals surface area contributed by atoms with Crippen LogP contribution < -0.4 is 10.1 Å². The van der Waals surface area contributed by atoms with Gasteiger partial charge in [0.15, 0.2) is 5.82 Å². The minimum absolute atomic E-state index is 0.469. The number of rotatable bonds is 3. The van der Waals surface area contributed by atoms with Crippen molar-refractivity contribution in [2.75, 3.05) is 19.5 Å². The van der Waals surface area contributed by atoms with Gasteiger partial charge >= 0.3 is 0 Å². The van der Waals surface area contributed by atoms with Crippen molar-refractivity contribution in [3.05, 3.63) is 22.6 Å². The Hall–Kier alpha value is -2.28. The van der Waals surface area contributed by atoms with E-state index in [1.165, 1.54) is 10.4 Å². The topological polar surface area (TPSA) is 72.8 Å². The zero-order valence-corrected chi connectivity index (χ0v) is 13.1. The number of ether oxygens (including phenoxy) is 1. The normalized spacial score (nSPS) is 10.9. The molecule has 0 aromatic carbocycles. The number of anilines is 1. The maximum atomic E-state index is 5.01. The summed E-state index contributed by atoms with van der Waals surface area (Å²) >= 11 is 1.66. The van der Waals surface area contributed by atoms with E-state index in [4.69, 9.17) is 4.74 Å². The number of methoxy groups -OCH3 is 1. The first kappa shape index (κ1) is 13.7. The minimum Gasteiger partial charge on any atom is -0.480 e. The SMILES string of the molecule is CNc1nc(-c2ccc(OC)nn2)nc2sc(C)c(C)c12. The molecule has 0 saturated heterocycles. The van der Waals surface area contributed by atoms with Crippen molar-refractivity contribution in [2.24, 2.45) is 0 Å². The van der Waals surface area contributed by atoms with Crippen LogP contribution in [0.25, 0.3) is 21.7 Å². The Morgan fingerprint density at radius 2 is 1.95 bits per heavy atom. The number of aryl methyl sites for hydroxylation is 2. The molecule has 0 saturated carbocycles. The monoisotopic (exact) mass is 301 g/mol. The van der Waals surface area contributed by atoms with Crippen LogP contribution in [-0.2, 0) is 0 Å². The van der Waals surface area contributed by atoms with E-state index in [1.807, 2.05) is 7.05 Å². The molecule has 0 atom stereocenters. The first-order chi connectivity index (χ1) is 10.1. The van der Waals surface area contributed by atoms with Gasteiger partial charge in [0.2, 0.25) is 5.88 Å². The molecule has 7 heteroatoms. The van der Waals surface area contributed by atoms with Gasteiger partial charge in [0, 0.05) is 18.0 Å². The molecule has 0 aliphatic carbocycles. The van der Waals surface area contributed by atoms with Crippen molar-refractivity contribution in [3.63, 3.8) is 0 Å². The van der Waals surface area contributed by atoms with Gasteiger partial charge in [-0.2, -0.15) is 0 Å². The molecule has 0 aliphatic heterocycles. The Kier molecular flexibility index (Phi) is 3.42. The van der Waals surface area contributed by atoms with Crippen LogP contribution in [-0.4, -0.2) is 34.3 Å². The minimum atomic E-state index is 0.469. The molecular weight excluding hydrogens is 286 g/mol. The number of aromatic nitrogens is 4. The van der Waals surface area contributed by atoms with Gasteiger partial charge in [-0.25, -0.2) is 9.97 Å². The Bertz CT molecular complexity index is 797. The zero-order chi connectivity index (χ0) is 15.0. The van der Waals surface area contributed by atoms with Crippen molar-refractivity contribution in [1.82, 2.24) is 20.2 Å². The molecule has 0 spiro atoms. The third-order valence-corrected chi connectivity index (χ3v) is 4.44. The second kappa shape index (κ2) is 5.25. The van der Waals surface area contributed by atoms with Gasteiger partial charge in [-0.1, -0.05) is 0 Å². The average molecular weight is 301 g/mol. The highest BCUT2D eigenvalue weighted by Gasteiger charge is 2.15. The zero-order valence-electron chi connectivity index (χ0n) is 12.3. The Balaban J connectivity index is 2.18. The van der Waals surface area contributed by atoms with Gasteiger partial charge in [-0.3, -0.25) is 0 Å². The Labute approximate surface area is 126 Å². The summed E-state index contributed by atoms with van der Waals surface area (Å²) in [5.41, 5.74) is 1.84. The maximum Gasteiger partial charge on any atom is 0.233 e. The summed E-state index contributed by atoms with van der Waals surface area (Å²) in [5, 5.41) is 12.3.